The van der Waals surface area contributed by atoms with Gasteiger partial charge in [-0.25, -0.2) is 0 Å². The normalized spacial score (nSPS) is 36.0. The van der Waals surface area contributed by atoms with Crippen molar-refractivity contribution in [3.05, 3.63) is 12.4 Å². The lowest BCUT2D eigenvalue weighted by molar-refractivity contribution is 0.688. The Morgan fingerprint density at radius 2 is 2.83 bits per heavy atom. The molecule has 1 fully saturated rings. The number of rotatable bonds is 0. The molecular weight excluding hydrogens is 76.1 g/mol. The maximum atomic E-state index is 3.14. The predicted octanol–water partition coefficient (Wildman–Crippen LogP) is -0.298. The summed E-state index contributed by atoms with van der Waals surface area (Å²) in [6.45, 7) is 1.22. The molecule has 32 valence electrons. The Morgan fingerprint density at radius 1 is 1.83 bits per heavy atom. The summed E-state index contributed by atoms with van der Waals surface area (Å²) in [6.07, 6.45) is 4.74. The standard InChI is InChI=1S/C4H6N2/c1-2-6-3-4(6)5-1/h1-2,4-5H,3H2/t4-,6?/m1/s1. The van der Waals surface area contributed by atoms with Gasteiger partial charge in [0.25, 0.3) is 0 Å². The van der Waals surface area contributed by atoms with Crippen LogP contribution < -0.4 is 5.32 Å². The van der Waals surface area contributed by atoms with Gasteiger partial charge in [0, 0.05) is 12.4 Å². The molecule has 0 amide bonds. The highest BCUT2D eigenvalue weighted by atomic mass is 15.4. The first-order valence-electron chi connectivity index (χ1n) is 2.15. The van der Waals surface area contributed by atoms with E-state index >= 15 is 0 Å². The van der Waals surface area contributed by atoms with Gasteiger partial charge in [0.15, 0.2) is 0 Å². The minimum Gasteiger partial charge on any atom is -0.369 e. The van der Waals surface area contributed by atoms with Gasteiger partial charge >= 0.3 is 0 Å². The lowest BCUT2D eigenvalue weighted by Gasteiger charge is -1.80. The molecule has 0 aliphatic carbocycles. The van der Waals surface area contributed by atoms with Crippen LogP contribution in [0.4, 0.5) is 0 Å². The van der Waals surface area contributed by atoms with Gasteiger partial charge in [-0.15, -0.1) is 0 Å². The third-order valence-corrected chi connectivity index (χ3v) is 1.21. The number of hydrogen-bond donors (Lipinski definition) is 1. The van der Waals surface area contributed by atoms with E-state index < -0.39 is 0 Å². The van der Waals surface area contributed by atoms with Crippen LogP contribution in [0.25, 0.3) is 0 Å². The Balaban J connectivity index is 2.26. The summed E-state index contributed by atoms with van der Waals surface area (Å²) in [4.78, 5) is 2.24. The largest absolute Gasteiger partial charge is 0.369 e. The van der Waals surface area contributed by atoms with Gasteiger partial charge in [-0.1, -0.05) is 0 Å². The fourth-order valence-corrected chi connectivity index (χ4v) is 0.716. The van der Waals surface area contributed by atoms with Crippen molar-refractivity contribution in [2.45, 2.75) is 6.17 Å². The highest BCUT2D eigenvalue weighted by Crippen LogP contribution is 2.17. The Bertz CT molecular complexity index is 97.7. The van der Waals surface area contributed by atoms with Crippen LogP contribution in [-0.2, 0) is 0 Å². The molecule has 2 aliphatic heterocycles. The van der Waals surface area contributed by atoms with Crippen LogP contribution in [-0.4, -0.2) is 17.6 Å². The number of hydrogen-bond acceptors (Lipinski definition) is 2. The summed E-state index contributed by atoms with van der Waals surface area (Å²) in [5.74, 6) is 0. The average molecular weight is 82.1 g/mol. The maximum absolute atomic E-state index is 3.14. The summed E-state index contributed by atoms with van der Waals surface area (Å²) in [5, 5.41) is 3.14. The lowest BCUT2D eigenvalue weighted by Crippen LogP contribution is -2.05. The van der Waals surface area contributed by atoms with Crippen LogP contribution in [0.3, 0.4) is 0 Å². The third kappa shape index (κ3) is 0.142. The van der Waals surface area contributed by atoms with E-state index in [1.165, 1.54) is 6.54 Å². The summed E-state index contributed by atoms with van der Waals surface area (Å²) >= 11 is 0. The molecule has 6 heavy (non-hydrogen) atoms. The minimum absolute atomic E-state index is 0.685. The molecule has 0 aromatic rings. The number of nitrogens with one attached hydrogen (secondary N) is 1. The number of nitrogens with zero attached hydrogens (tertiary/aromatic N) is 1. The highest BCUT2D eigenvalue weighted by Gasteiger charge is 2.32. The summed E-state index contributed by atoms with van der Waals surface area (Å²) < 4.78 is 0. The van der Waals surface area contributed by atoms with Crippen molar-refractivity contribution in [1.82, 2.24) is 10.2 Å². The van der Waals surface area contributed by atoms with E-state index in [2.05, 4.69) is 16.4 Å². The molecule has 0 saturated carbocycles. The zero-order chi connectivity index (χ0) is 3.98. The first kappa shape index (κ1) is 2.50. The Morgan fingerprint density at radius 3 is 3.00 bits per heavy atom. The molecule has 2 nitrogen and oxygen atoms in total. The predicted molar refractivity (Wildman–Crippen MR) is 22.8 cm³/mol. The first-order valence-corrected chi connectivity index (χ1v) is 2.15. The summed E-state index contributed by atoms with van der Waals surface area (Å²) in [6, 6.07) is 0. The molecule has 2 heterocycles. The molecule has 1 atom stereocenters. The van der Waals surface area contributed by atoms with E-state index in [-0.39, 0.29) is 0 Å². The number of fused-ring (bicyclic) bond motifs is 1. The van der Waals surface area contributed by atoms with Crippen molar-refractivity contribution in [2.75, 3.05) is 6.54 Å². The SMILES string of the molecule is C1=CN2C[C@@H]2N1. The molecule has 0 aromatic carbocycles. The molecule has 0 bridgehead atoms. The lowest BCUT2D eigenvalue weighted by atomic mass is 10.7. The van der Waals surface area contributed by atoms with Crippen LogP contribution >= 0.6 is 0 Å². The smallest absolute Gasteiger partial charge is 0.116 e. The van der Waals surface area contributed by atoms with Gasteiger partial charge < -0.3 is 10.2 Å². The molecule has 1 N–H and O–H groups in total. The Hall–Kier alpha value is -0.660. The highest BCUT2D eigenvalue weighted by molar-refractivity contribution is 5.05. The fraction of sp³-hybridized carbons (Fsp3) is 0.500. The van der Waals surface area contributed by atoms with Crippen LogP contribution in [0.15, 0.2) is 12.4 Å². The quantitative estimate of drug-likeness (QED) is 0.404. The van der Waals surface area contributed by atoms with E-state index in [1.807, 2.05) is 6.20 Å². The average Bonchev–Trinajstić information content (AvgIpc) is 2.17. The van der Waals surface area contributed by atoms with Gasteiger partial charge in [-0.2, -0.15) is 0 Å². The molecule has 2 heteroatoms. The third-order valence-electron chi connectivity index (χ3n) is 1.21. The van der Waals surface area contributed by atoms with Crippen LogP contribution in [0.5, 0.6) is 0 Å². The Kier molecular flexibility index (Phi) is 0.231. The van der Waals surface area contributed by atoms with Crippen molar-refractivity contribution < 1.29 is 0 Å². The van der Waals surface area contributed by atoms with E-state index in [1.54, 1.807) is 0 Å². The van der Waals surface area contributed by atoms with Gasteiger partial charge in [0.1, 0.15) is 6.17 Å². The Labute approximate surface area is 36.4 Å². The van der Waals surface area contributed by atoms with Gasteiger partial charge in [-0.05, 0) is 0 Å². The van der Waals surface area contributed by atoms with Crippen molar-refractivity contribution in [1.29, 1.82) is 0 Å². The summed E-state index contributed by atoms with van der Waals surface area (Å²) in [5.41, 5.74) is 0. The molecule has 0 unspecified atom stereocenters. The van der Waals surface area contributed by atoms with Gasteiger partial charge in [-0.3, -0.25) is 0 Å². The minimum atomic E-state index is 0.685. The van der Waals surface area contributed by atoms with Crippen LogP contribution in [0, 0.1) is 0 Å². The van der Waals surface area contributed by atoms with E-state index in [9.17, 15) is 0 Å². The maximum Gasteiger partial charge on any atom is 0.116 e. The fourth-order valence-electron chi connectivity index (χ4n) is 0.716. The monoisotopic (exact) mass is 82.1 g/mol. The van der Waals surface area contributed by atoms with E-state index in [0.717, 1.165) is 0 Å². The topological polar surface area (TPSA) is 15.0 Å². The second-order valence-corrected chi connectivity index (χ2v) is 1.69. The second kappa shape index (κ2) is 0.555. The zero-order valence-electron chi connectivity index (χ0n) is 3.39. The van der Waals surface area contributed by atoms with Crippen molar-refractivity contribution >= 4 is 0 Å². The molecule has 0 aromatic heterocycles. The van der Waals surface area contributed by atoms with Crippen LogP contribution in [0.1, 0.15) is 0 Å². The molecule has 1 saturated heterocycles. The zero-order valence-corrected chi connectivity index (χ0v) is 3.39. The van der Waals surface area contributed by atoms with E-state index in [4.69, 9.17) is 0 Å². The molecular formula is C4H6N2. The molecule has 2 aliphatic rings. The van der Waals surface area contributed by atoms with Crippen molar-refractivity contribution in [3.8, 4) is 0 Å². The van der Waals surface area contributed by atoms with Gasteiger partial charge in [0.05, 0.1) is 6.54 Å². The molecule has 2 rings (SSSR count). The van der Waals surface area contributed by atoms with Crippen molar-refractivity contribution in [3.63, 3.8) is 0 Å². The van der Waals surface area contributed by atoms with E-state index in [0.29, 0.717) is 6.17 Å². The van der Waals surface area contributed by atoms with Crippen molar-refractivity contribution in [2.24, 2.45) is 0 Å². The second-order valence-electron chi connectivity index (χ2n) is 1.69. The first-order chi connectivity index (χ1) is 2.97. The molecule has 0 radical (unpaired) electrons. The molecule has 0 spiro atoms. The van der Waals surface area contributed by atoms with Gasteiger partial charge in [0.2, 0.25) is 0 Å². The van der Waals surface area contributed by atoms with Crippen LogP contribution in [0.2, 0.25) is 0 Å². The summed E-state index contributed by atoms with van der Waals surface area (Å²) in [7, 11) is 0.